The van der Waals surface area contributed by atoms with Crippen LogP contribution in [0, 0.1) is 11.8 Å². The van der Waals surface area contributed by atoms with Crippen LogP contribution in [0.25, 0.3) is 0 Å². The zero-order chi connectivity index (χ0) is 23.9. The van der Waals surface area contributed by atoms with Crippen LogP contribution < -0.4 is 20.9 Å². The Kier molecular flexibility index (Phi) is 8.06. The highest BCUT2D eigenvalue weighted by atomic mass is 16.5. The Morgan fingerprint density at radius 2 is 1.82 bits per heavy atom. The van der Waals surface area contributed by atoms with Gasteiger partial charge in [-0.1, -0.05) is 13.0 Å². The average molecular weight is 465 g/mol. The molecule has 182 valence electrons. The van der Waals surface area contributed by atoms with Crippen molar-refractivity contribution in [1.82, 2.24) is 10.6 Å². The maximum absolute atomic E-state index is 12.4. The number of carbonyl (C=O) groups excluding carboxylic acids is 2. The first-order chi connectivity index (χ1) is 16.5. The molecular formula is C27H36N4O3. The molecular weight excluding hydrogens is 428 g/mol. The van der Waals surface area contributed by atoms with Gasteiger partial charge in [0.1, 0.15) is 0 Å². The number of anilines is 3. The molecule has 1 atom stereocenters. The number of hydrogen-bond donors (Lipinski definition) is 3. The lowest BCUT2D eigenvalue weighted by molar-refractivity contribution is -0.126. The summed E-state index contributed by atoms with van der Waals surface area (Å²) in [6.07, 6.45) is 3.54. The van der Waals surface area contributed by atoms with Gasteiger partial charge in [-0.05, 0) is 72.7 Å². The van der Waals surface area contributed by atoms with E-state index in [2.05, 4.69) is 64.2 Å². The van der Waals surface area contributed by atoms with Crippen LogP contribution in [0.4, 0.5) is 17.1 Å². The van der Waals surface area contributed by atoms with E-state index in [4.69, 9.17) is 4.74 Å². The lowest BCUT2D eigenvalue weighted by Gasteiger charge is -2.32. The number of benzene rings is 2. The molecule has 7 heteroatoms. The van der Waals surface area contributed by atoms with Crippen molar-refractivity contribution in [2.75, 3.05) is 43.6 Å². The fraction of sp³-hybridized carbons (Fsp3) is 0.481. The number of methoxy groups -OCH3 is 1. The zero-order valence-electron chi connectivity index (χ0n) is 20.2. The number of hydrogen-bond acceptors (Lipinski definition) is 5. The second kappa shape index (κ2) is 11.4. The van der Waals surface area contributed by atoms with Gasteiger partial charge in [-0.15, -0.1) is 0 Å². The van der Waals surface area contributed by atoms with E-state index in [1.807, 2.05) is 6.07 Å². The SMILES string of the molecule is COCCc1cc(Nc2ccc(N3CCC(C)CC3)cc2)ccc1CNC(=O)C1CNC(=O)C1. The van der Waals surface area contributed by atoms with E-state index < -0.39 is 0 Å². The maximum atomic E-state index is 12.4. The van der Waals surface area contributed by atoms with Gasteiger partial charge >= 0.3 is 0 Å². The van der Waals surface area contributed by atoms with Gasteiger partial charge in [0.15, 0.2) is 0 Å². The molecule has 7 nitrogen and oxygen atoms in total. The van der Waals surface area contributed by atoms with Crippen molar-refractivity contribution in [2.24, 2.45) is 11.8 Å². The maximum Gasteiger partial charge on any atom is 0.225 e. The summed E-state index contributed by atoms with van der Waals surface area (Å²) in [6, 6.07) is 14.9. The molecule has 4 rings (SSSR count). The van der Waals surface area contributed by atoms with Crippen LogP contribution in [0.3, 0.4) is 0 Å². The molecule has 0 aliphatic carbocycles. The van der Waals surface area contributed by atoms with Gasteiger partial charge in [0.25, 0.3) is 0 Å². The Morgan fingerprint density at radius 1 is 1.09 bits per heavy atom. The van der Waals surface area contributed by atoms with E-state index in [1.54, 1.807) is 7.11 Å². The topological polar surface area (TPSA) is 82.7 Å². The first-order valence-corrected chi connectivity index (χ1v) is 12.3. The molecule has 0 saturated carbocycles. The first kappa shape index (κ1) is 24.1. The van der Waals surface area contributed by atoms with E-state index in [9.17, 15) is 9.59 Å². The molecule has 2 aromatic rings. The Balaban J connectivity index is 1.39. The number of nitrogens with zero attached hydrogens (tertiary/aromatic N) is 1. The normalized spacial score (nSPS) is 18.6. The van der Waals surface area contributed by atoms with Gasteiger partial charge < -0.3 is 25.6 Å². The van der Waals surface area contributed by atoms with Gasteiger partial charge in [-0.3, -0.25) is 9.59 Å². The molecule has 2 heterocycles. The van der Waals surface area contributed by atoms with Crippen molar-refractivity contribution in [2.45, 2.75) is 39.2 Å². The van der Waals surface area contributed by atoms with E-state index in [1.165, 1.54) is 18.5 Å². The first-order valence-electron chi connectivity index (χ1n) is 12.3. The van der Waals surface area contributed by atoms with E-state index >= 15 is 0 Å². The lowest BCUT2D eigenvalue weighted by Crippen LogP contribution is -2.32. The highest BCUT2D eigenvalue weighted by Crippen LogP contribution is 2.26. The molecule has 1 unspecified atom stereocenters. The van der Waals surface area contributed by atoms with Crippen molar-refractivity contribution < 1.29 is 14.3 Å². The molecule has 2 aliphatic heterocycles. The summed E-state index contributed by atoms with van der Waals surface area (Å²) in [5.74, 6) is 0.397. The van der Waals surface area contributed by atoms with Crippen LogP contribution >= 0.6 is 0 Å². The fourth-order valence-electron chi connectivity index (χ4n) is 4.63. The van der Waals surface area contributed by atoms with Crippen molar-refractivity contribution in [3.8, 4) is 0 Å². The number of carbonyl (C=O) groups is 2. The van der Waals surface area contributed by atoms with Crippen molar-refractivity contribution >= 4 is 28.9 Å². The largest absolute Gasteiger partial charge is 0.384 e. The Bertz CT molecular complexity index is 984. The Morgan fingerprint density at radius 3 is 2.50 bits per heavy atom. The third-order valence-electron chi connectivity index (χ3n) is 6.89. The van der Waals surface area contributed by atoms with Crippen molar-refractivity contribution in [3.63, 3.8) is 0 Å². The van der Waals surface area contributed by atoms with Crippen LogP contribution in [0.1, 0.15) is 37.3 Å². The Labute approximate surface area is 202 Å². The van der Waals surface area contributed by atoms with Crippen LogP contribution in [-0.2, 0) is 27.3 Å². The molecule has 2 aromatic carbocycles. The van der Waals surface area contributed by atoms with Crippen molar-refractivity contribution in [3.05, 3.63) is 53.6 Å². The second-order valence-corrected chi connectivity index (χ2v) is 9.49. The molecule has 2 amide bonds. The standard InChI is InChI=1S/C27H36N4O3/c1-19-9-12-31(13-10-19)25-7-5-23(6-8-25)30-24-4-3-21(20(15-24)11-14-34-2)17-29-27(33)22-16-26(32)28-18-22/h3-8,15,19,22,30H,9-14,16-18H2,1-2H3,(H,28,32)(H,29,33). The van der Waals surface area contributed by atoms with Gasteiger partial charge in [0.05, 0.1) is 12.5 Å². The number of ether oxygens (including phenoxy) is 1. The minimum atomic E-state index is -0.285. The summed E-state index contributed by atoms with van der Waals surface area (Å²) >= 11 is 0. The summed E-state index contributed by atoms with van der Waals surface area (Å²) in [6.45, 7) is 6.05. The van der Waals surface area contributed by atoms with E-state index in [0.717, 1.165) is 47.9 Å². The molecule has 0 radical (unpaired) electrons. The van der Waals surface area contributed by atoms with Crippen molar-refractivity contribution in [1.29, 1.82) is 0 Å². The van der Waals surface area contributed by atoms with Gasteiger partial charge in [0, 0.05) is 56.8 Å². The molecule has 2 fully saturated rings. The van der Waals surface area contributed by atoms with Crippen LogP contribution in [0.5, 0.6) is 0 Å². The molecule has 2 aliphatic rings. The fourth-order valence-corrected chi connectivity index (χ4v) is 4.63. The molecule has 3 N–H and O–H groups in total. The minimum absolute atomic E-state index is 0.0603. The smallest absolute Gasteiger partial charge is 0.225 e. The third kappa shape index (κ3) is 6.29. The second-order valence-electron chi connectivity index (χ2n) is 9.49. The average Bonchev–Trinajstić information content (AvgIpc) is 3.29. The molecule has 2 saturated heterocycles. The number of rotatable bonds is 9. The number of nitrogens with one attached hydrogen (secondary N) is 3. The molecule has 0 aromatic heterocycles. The zero-order valence-corrected chi connectivity index (χ0v) is 20.2. The van der Waals surface area contributed by atoms with Gasteiger partial charge in [-0.2, -0.15) is 0 Å². The Hall–Kier alpha value is -3.06. The lowest BCUT2D eigenvalue weighted by atomic mass is 9.99. The molecule has 0 bridgehead atoms. The summed E-state index contributed by atoms with van der Waals surface area (Å²) in [7, 11) is 1.69. The summed E-state index contributed by atoms with van der Waals surface area (Å²) in [4.78, 5) is 26.3. The highest BCUT2D eigenvalue weighted by molar-refractivity contribution is 5.89. The summed E-state index contributed by atoms with van der Waals surface area (Å²) in [5.41, 5.74) is 5.52. The van der Waals surface area contributed by atoms with Gasteiger partial charge in [0.2, 0.25) is 11.8 Å². The van der Waals surface area contributed by atoms with E-state index in [0.29, 0.717) is 19.7 Å². The van der Waals surface area contributed by atoms with E-state index in [-0.39, 0.29) is 24.2 Å². The molecule has 0 spiro atoms. The minimum Gasteiger partial charge on any atom is -0.384 e. The summed E-state index contributed by atoms with van der Waals surface area (Å²) < 4.78 is 5.30. The highest BCUT2D eigenvalue weighted by Gasteiger charge is 2.27. The van der Waals surface area contributed by atoms with Crippen LogP contribution in [0.15, 0.2) is 42.5 Å². The monoisotopic (exact) mass is 464 g/mol. The number of piperidine rings is 1. The summed E-state index contributed by atoms with van der Waals surface area (Å²) in [5, 5.41) is 9.21. The van der Waals surface area contributed by atoms with Gasteiger partial charge in [-0.25, -0.2) is 0 Å². The van der Waals surface area contributed by atoms with Crippen LogP contribution in [-0.4, -0.2) is 45.2 Å². The predicted molar refractivity (Wildman–Crippen MR) is 135 cm³/mol. The third-order valence-corrected chi connectivity index (χ3v) is 6.89. The predicted octanol–water partition coefficient (Wildman–Crippen LogP) is 3.61. The number of amides is 2. The molecule has 34 heavy (non-hydrogen) atoms. The quantitative estimate of drug-likeness (QED) is 0.528. The van der Waals surface area contributed by atoms with Crippen LogP contribution in [0.2, 0.25) is 0 Å².